The lowest BCUT2D eigenvalue weighted by Gasteiger charge is -2.08. The molecule has 2 heterocycles. The Bertz CT molecular complexity index is 970. The van der Waals surface area contributed by atoms with E-state index < -0.39 is 0 Å². The molecule has 0 radical (unpaired) electrons. The molecule has 0 aliphatic heterocycles. The summed E-state index contributed by atoms with van der Waals surface area (Å²) in [6.07, 6.45) is 7.34. The Balaban J connectivity index is 1.58. The molecular weight excluding hydrogens is 324 g/mol. The highest BCUT2D eigenvalue weighted by Gasteiger charge is 2.10. The van der Waals surface area contributed by atoms with Gasteiger partial charge in [0.15, 0.2) is 5.78 Å². The predicted octanol–water partition coefficient (Wildman–Crippen LogP) is 3.91. The molecule has 26 heavy (non-hydrogen) atoms. The summed E-state index contributed by atoms with van der Waals surface area (Å²) in [5, 5.41) is 0. The van der Waals surface area contributed by atoms with Crippen LogP contribution in [0.5, 0.6) is 0 Å². The van der Waals surface area contributed by atoms with Crippen molar-refractivity contribution in [3.05, 3.63) is 96.1 Å². The number of imidazole rings is 2. The highest BCUT2D eigenvalue weighted by atomic mass is 16.1. The van der Waals surface area contributed by atoms with Gasteiger partial charge in [0.2, 0.25) is 0 Å². The molecule has 5 nitrogen and oxygen atoms in total. The Morgan fingerprint density at radius 1 is 0.692 bits per heavy atom. The van der Waals surface area contributed by atoms with E-state index in [4.69, 9.17) is 0 Å². The Morgan fingerprint density at radius 3 is 1.38 bits per heavy atom. The van der Waals surface area contributed by atoms with Crippen LogP contribution in [0, 0.1) is 13.8 Å². The lowest BCUT2D eigenvalue weighted by molar-refractivity contribution is 0.103. The zero-order chi connectivity index (χ0) is 18.1. The summed E-state index contributed by atoms with van der Waals surface area (Å²) in [5.74, 6) is 1.83. The van der Waals surface area contributed by atoms with Crippen molar-refractivity contribution < 1.29 is 4.79 Å². The van der Waals surface area contributed by atoms with Gasteiger partial charge in [-0.25, -0.2) is 9.97 Å². The molecule has 5 heteroatoms. The van der Waals surface area contributed by atoms with E-state index in [0.717, 1.165) is 23.0 Å². The number of benzene rings is 2. The molecule has 0 spiro atoms. The molecule has 0 unspecified atom stereocenters. The van der Waals surface area contributed by atoms with E-state index in [9.17, 15) is 4.79 Å². The average Bonchev–Trinajstić information content (AvgIpc) is 3.29. The number of aromatic nitrogens is 4. The van der Waals surface area contributed by atoms with Gasteiger partial charge in [-0.1, -0.05) is 0 Å². The Labute approximate surface area is 151 Å². The van der Waals surface area contributed by atoms with Crippen LogP contribution in [0.15, 0.2) is 73.3 Å². The number of ketones is 1. The van der Waals surface area contributed by atoms with Crippen molar-refractivity contribution in [2.24, 2.45) is 0 Å². The number of rotatable bonds is 4. The Morgan fingerprint density at radius 2 is 1.08 bits per heavy atom. The van der Waals surface area contributed by atoms with E-state index >= 15 is 0 Å². The van der Waals surface area contributed by atoms with Crippen molar-refractivity contribution >= 4 is 5.78 Å². The lowest BCUT2D eigenvalue weighted by atomic mass is 10.0. The summed E-state index contributed by atoms with van der Waals surface area (Å²) < 4.78 is 3.97. The fraction of sp³-hybridized carbons (Fsp3) is 0.0952. The van der Waals surface area contributed by atoms with Crippen LogP contribution in [0.3, 0.4) is 0 Å². The van der Waals surface area contributed by atoms with Crippen molar-refractivity contribution in [3.8, 4) is 11.4 Å². The van der Waals surface area contributed by atoms with Crippen LogP contribution in [0.25, 0.3) is 11.4 Å². The van der Waals surface area contributed by atoms with Crippen LogP contribution >= 0.6 is 0 Å². The molecule has 0 aliphatic carbocycles. The molecule has 0 saturated carbocycles. The summed E-state index contributed by atoms with van der Waals surface area (Å²) in [7, 11) is 0. The molecule has 2 aromatic carbocycles. The number of carbonyl (C=O) groups excluding carboxylic acids is 1. The standard InChI is InChI=1S/C21H18N4O/c1-15-22-11-13-24(15)19-7-3-17(4-8-19)21(26)18-5-9-20(10-6-18)25-14-12-23-16(25)2/h3-14H,1-2H3. The van der Waals surface area contributed by atoms with Gasteiger partial charge in [0.05, 0.1) is 0 Å². The topological polar surface area (TPSA) is 52.7 Å². The second-order valence-electron chi connectivity index (χ2n) is 6.11. The normalized spacial score (nSPS) is 10.8. The summed E-state index contributed by atoms with van der Waals surface area (Å²) in [5.41, 5.74) is 3.31. The maximum absolute atomic E-state index is 12.7. The molecule has 0 amide bonds. The van der Waals surface area contributed by atoms with E-state index in [1.165, 1.54) is 0 Å². The number of hydrogen-bond donors (Lipinski definition) is 0. The average molecular weight is 342 g/mol. The van der Waals surface area contributed by atoms with E-state index in [-0.39, 0.29) is 5.78 Å². The molecule has 0 N–H and O–H groups in total. The zero-order valence-corrected chi connectivity index (χ0v) is 14.6. The number of hydrogen-bond acceptors (Lipinski definition) is 3. The summed E-state index contributed by atoms with van der Waals surface area (Å²) in [6.45, 7) is 3.89. The second kappa shape index (κ2) is 6.44. The minimum absolute atomic E-state index is 0.00723. The van der Waals surface area contributed by atoms with Crippen LogP contribution in [0.2, 0.25) is 0 Å². The first kappa shape index (κ1) is 16.0. The number of aryl methyl sites for hydroxylation is 2. The van der Waals surface area contributed by atoms with Crippen LogP contribution < -0.4 is 0 Å². The van der Waals surface area contributed by atoms with Gasteiger partial charge in [-0.05, 0) is 62.4 Å². The first-order chi connectivity index (χ1) is 12.6. The zero-order valence-electron chi connectivity index (χ0n) is 14.6. The fourth-order valence-corrected chi connectivity index (χ4v) is 3.02. The summed E-state index contributed by atoms with van der Waals surface area (Å²) >= 11 is 0. The van der Waals surface area contributed by atoms with Crippen molar-refractivity contribution in [2.75, 3.05) is 0 Å². The smallest absolute Gasteiger partial charge is 0.193 e. The molecule has 4 rings (SSSR count). The third-order valence-corrected chi connectivity index (χ3v) is 4.47. The Kier molecular flexibility index (Phi) is 3.97. The van der Waals surface area contributed by atoms with Gasteiger partial charge in [0, 0.05) is 47.3 Å². The van der Waals surface area contributed by atoms with Crippen LogP contribution in [0.1, 0.15) is 27.6 Å². The van der Waals surface area contributed by atoms with E-state index in [1.807, 2.05) is 83.9 Å². The Hall–Kier alpha value is -3.47. The molecule has 0 aliphatic rings. The molecule has 0 bridgehead atoms. The third-order valence-electron chi connectivity index (χ3n) is 4.47. The minimum Gasteiger partial charge on any atom is -0.304 e. The van der Waals surface area contributed by atoms with E-state index in [1.54, 1.807) is 12.4 Å². The monoisotopic (exact) mass is 342 g/mol. The SMILES string of the molecule is Cc1nccn1-c1ccc(C(=O)c2ccc(-n3ccnc3C)cc2)cc1. The second-order valence-corrected chi connectivity index (χ2v) is 6.11. The molecule has 4 aromatic rings. The maximum Gasteiger partial charge on any atom is 0.193 e. The molecule has 0 atom stereocenters. The minimum atomic E-state index is 0.00723. The first-order valence-corrected chi connectivity index (χ1v) is 8.39. The molecule has 0 fully saturated rings. The third kappa shape index (κ3) is 2.84. The van der Waals surface area contributed by atoms with Crippen LogP contribution in [-0.2, 0) is 0 Å². The van der Waals surface area contributed by atoms with Crippen molar-refractivity contribution in [2.45, 2.75) is 13.8 Å². The molecule has 128 valence electrons. The predicted molar refractivity (Wildman–Crippen MR) is 100 cm³/mol. The molecule has 0 saturated heterocycles. The summed E-state index contributed by atoms with van der Waals surface area (Å²) in [4.78, 5) is 21.2. The largest absolute Gasteiger partial charge is 0.304 e. The van der Waals surface area contributed by atoms with Gasteiger partial charge in [-0.15, -0.1) is 0 Å². The van der Waals surface area contributed by atoms with Crippen molar-refractivity contribution in [3.63, 3.8) is 0 Å². The molecule has 2 aromatic heterocycles. The van der Waals surface area contributed by atoms with Crippen molar-refractivity contribution in [1.29, 1.82) is 0 Å². The lowest BCUT2D eigenvalue weighted by Crippen LogP contribution is -2.03. The van der Waals surface area contributed by atoms with Gasteiger partial charge in [-0.2, -0.15) is 0 Å². The van der Waals surface area contributed by atoms with Crippen LogP contribution in [-0.4, -0.2) is 24.9 Å². The fourth-order valence-electron chi connectivity index (χ4n) is 3.02. The maximum atomic E-state index is 12.7. The van der Waals surface area contributed by atoms with E-state index in [0.29, 0.717) is 11.1 Å². The van der Waals surface area contributed by atoms with Gasteiger partial charge >= 0.3 is 0 Å². The number of nitrogens with zero attached hydrogens (tertiary/aromatic N) is 4. The highest BCUT2D eigenvalue weighted by Crippen LogP contribution is 2.17. The van der Waals surface area contributed by atoms with E-state index in [2.05, 4.69) is 9.97 Å². The van der Waals surface area contributed by atoms with Gasteiger partial charge in [0.1, 0.15) is 11.6 Å². The number of carbonyl (C=O) groups is 1. The quantitative estimate of drug-likeness (QED) is 0.529. The van der Waals surface area contributed by atoms with Gasteiger partial charge < -0.3 is 9.13 Å². The van der Waals surface area contributed by atoms with Crippen LogP contribution in [0.4, 0.5) is 0 Å². The summed E-state index contributed by atoms with van der Waals surface area (Å²) in [6, 6.07) is 15.2. The van der Waals surface area contributed by atoms with Crippen molar-refractivity contribution in [1.82, 2.24) is 19.1 Å². The van der Waals surface area contributed by atoms with Gasteiger partial charge in [-0.3, -0.25) is 4.79 Å². The highest BCUT2D eigenvalue weighted by molar-refractivity contribution is 6.09. The first-order valence-electron chi connectivity index (χ1n) is 8.39. The molecular formula is C21H18N4O. The van der Waals surface area contributed by atoms with Gasteiger partial charge in [0.25, 0.3) is 0 Å².